The van der Waals surface area contributed by atoms with Gasteiger partial charge in [-0.1, -0.05) is 272 Å². The summed E-state index contributed by atoms with van der Waals surface area (Å²) in [6.07, 6.45) is 75.0. The number of aliphatic carboxylic acids is 1. The fourth-order valence-electron chi connectivity index (χ4n) is 8.81. The zero-order valence-electron chi connectivity index (χ0n) is 50.6. The number of unbranched alkanes of at least 4 members (excludes halogenated alkanes) is 29. The molecule has 9 heteroatoms. The first-order chi connectivity index (χ1) is 37.6. The van der Waals surface area contributed by atoms with Gasteiger partial charge in [-0.3, -0.25) is 9.59 Å². The van der Waals surface area contributed by atoms with E-state index >= 15 is 0 Å². The molecule has 9 nitrogen and oxygen atoms in total. The molecular formula is C68H119NO8. The monoisotopic (exact) mass is 1080 g/mol. The quantitative estimate of drug-likeness (QED) is 0.0195. The standard InChI is InChI=1S/C68H119NO8/c1-6-8-10-12-14-16-18-20-22-24-26-28-30-31-32-33-34-35-37-39-41-43-45-47-49-51-53-55-57-59-66(71)77-64(63-76-68(67(72)73)74-61-60-69(3,4)5)62-75-65(70)58-56-54-52-50-48-46-44-42-40-38-36-29-27-25-23-21-19-17-15-13-11-9-7-2/h8,10,14,16,20,22,26,28,31-32,34-35,39,41,64,68H,6-7,9,11-13,15,17-19,21,23-25,27,29-30,33,36-38,40,42-63H2,1-5H3/b10-8-,16-14-,22-20-,28-26-,32-31-,35-34-,41-39-. The molecule has 444 valence electrons. The molecule has 0 aliphatic carbocycles. The van der Waals surface area contributed by atoms with Gasteiger partial charge >= 0.3 is 11.9 Å². The highest BCUT2D eigenvalue weighted by Gasteiger charge is 2.22. The minimum Gasteiger partial charge on any atom is -0.545 e. The maximum absolute atomic E-state index is 12.9. The van der Waals surface area contributed by atoms with Crippen LogP contribution in [-0.2, 0) is 33.3 Å². The van der Waals surface area contributed by atoms with Crippen molar-refractivity contribution in [2.75, 3.05) is 47.5 Å². The van der Waals surface area contributed by atoms with Crippen LogP contribution in [0.2, 0.25) is 0 Å². The molecular weight excluding hydrogens is 959 g/mol. The van der Waals surface area contributed by atoms with E-state index in [2.05, 4.69) is 98.9 Å². The number of hydrogen-bond donors (Lipinski definition) is 0. The Balaban J connectivity index is 4.23. The van der Waals surface area contributed by atoms with E-state index in [1.165, 1.54) is 148 Å². The lowest BCUT2D eigenvalue weighted by atomic mass is 10.0. The number of carboxylic acids is 1. The number of nitrogens with zero attached hydrogens (tertiary/aromatic N) is 1. The van der Waals surface area contributed by atoms with Gasteiger partial charge in [-0.2, -0.15) is 0 Å². The van der Waals surface area contributed by atoms with Crippen molar-refractivity contribution in [3.8, 4) is 0 Å². The second-order valence-electron chi connectivity index (χ2n) is 22.3. The van der Waals surface area contributed by atoms with E-state index in [1.807, 2.05) is 21.1 Å². The van der Waals surface area contributed by atoms with E-state index in [0.29, 0.717) is 23.9 Å². The van der Waals surface area contributed by atoms with Crippen molar-refractivity contribution in [1.29, 1.82) is 0 Å². The minimum atomic E-state index is -1.63. The van der Waals surface area contributed by atoms with Gasteiger partial charge < -0.3 is 33.3 Å². The third kappa shape index (κ3) is 60.0. The number of allylic oxidation sites excluding steroid dienone is 14. The Bertz CT molecular complexity index is 1540. The highest BCUT2D eigenvalue weighted by atomic mass is 16.7. The van der Waals surface area contributed by atoms with Crippen LogP contribution in [0, 0.1) is 0 Å². The molecule has 0 aliphatic heterocycles. The molecule has 0 amide bonds. The Hall–Kier alpha value is -3.53. The zero-order valence-corrected chi connectivity index (χ0v) is 50.6. The molecule has 2 unspecified atom stereocenters. The summed E-state index contributed by atoms with van der Waals surface area (Å²) in [6.45, 7) is 4.65. The molecule has 0 rings (SSSR count). The summed E-state index contributed by atoms with van der Waals surface area (Å²) >= 11 is 0. The highest BCUT2D eigenvalue weighted by Crippen LogP contribution is 2.17. The molecule has 0 fully saturated rings. The second kappa shape index (κ2) is 58.6. The third-order valence-corrected chi connectivity index (χ3v) is 13.7. The van der Waals surface area contributed by atoms with E-state index in [4.69, 9.17) is 18.9 Å². The topological polar surface area (TPSA) is 111 Å². The van der Waals surface area contributed by atoms with Crippen LogP contribution < -0.4 is 5.11 Å². The molecule has 0 aromatic rings. The van der Waals surface area contributed by atoms with Crippen molar-refractivity contribution in [1.82, 2.24) is 0 Å². The van der Waals surface area contributed by atoms with Gasteiger partial charge in [-0.25, -0.2) is 0 Å². The number of carbonyl (C=O) groups is 3. The first-order valence-corrected chi connectivity index (χ1v) is 31.7. The van der Waals surface area contributed by atoms with Crippen molar-refractivity contribution < 1.29 is 42.9 Å². The van der Waals surface area contributed by atoms with Gasteiger partial charge in [0.2, 0.25) is 0 Å². The summed E-state index contributed by atoms with van der Waals surface area (Å²) in [6, 6.07) is 0. The molecule has 0 aromatic heterocycles. The van der Waals surface area contributed by atoms with Gasteiger partial charge in [0, 0.05) is 12.8 Å². The third-order valence-electron chi connectivity index (χ3n) is 13.7. The Morgan fingerprint density at radius 1 is 0.403 bits per heavy atom. The van der Waals surface area contributed by atoms with Crippen molar-refractivity contribution in [2.45, 2.75) is 283 Å². The molecule has 0 radical (unpaired) electrons. The number of carboxylic acid groups (broad SMARTS) is 1. The molecule has 77 heavy (non-hydrogen) atoms. The van der Waals surface area contributed by atoms with Gasteiger partial charge in [0.25, 0.3) is 0 Å². The maximum Gasteiger partial charge on any atom is 0.306 e. The first kappa shape index (κ1) is 73.5. The number of rotatable bonds is 58. The zero-order chi connectivity index (χ0) is 56.2. The van der Waals surface area contributed by atoms with Gasteiger partial charge in [0.05, 0.1) is 40.3 Å². The second-order valence-corrected chi connectivity index (χ2v) is 22.3. The molecule has 0 bridgehead atoms. The lowest BCUT2D eigenvalue weighted by molar-refractivity contribution is -0.870. The number of hydrogen-bond acceptors (Lipinski definition) is 8. The number of carbonyl (C=O) groups excluding carboxylic acids is 3. The number of likely N-dealkylation sites (N-methyl/N-ethyl adjacent to an activating group) is 1. The molecule has 0 N–H and O–H groups in total. The Morgan fingerprint density at radius 2 is 0.740 bits per heavy atom. The fourth-order valence-corrected chi connectivity index (χ4v) is 8.81. The molecule has 0 saturated carbocycles. The van der Waals surface area contributed by atoms with Crippen LogP contribution in [0.5, 0.6) is 0 Å². The normalized spacial score (nSPS) is 13.3. The molecule has 0 heterocycles. The minimum absolute atomic E-state index is 0.143. The molecule has 0 aromatic carbocycles. The van der Waals surface area contributed by atoms with E-state index in [0.717, 1.165) is 89.9 Å². The predicted molar refractivity (Wildman–Crippen MR) is 324 cm³/mol. The first-order valence-electron chi connectivity index (χ1n) is 31.7. The maximum atomic E-state index is 12.9. The van der Waals surface area contributed by atoms with Crippen LogP contribution in [-0.4, -0.2) is 82.3 Å². The van der Waals surface area contributed by atoms with Crippen LogP contribution in [0.3, 0.4) is 0 Å². The Kier molecular flexibility index (Phi) is 55.9. The number of ether oxygens (including phenoxy) is 4. The summed E-state index contributed by atoms with van der Waals surface area (Å²) in [5.41, 5.74) is 0. The van der Waals surface area contributed by atoms with Crippen LogP contribution in [0.25, 0.3) is 0 Å². The molecule has 0 saturated heterocycles. The van der Waals surface area contributed by atoms with E-state index in [9.17, 15) is 19.5 Å². The lowest BCUT2D eigenvalue weighted by Crippen LogP contribution is -2.44. The largest absolute Gasteiger partial charge is 0.545 e. The van der Waals surface area contributed by atoms with Crippen molar-refractivity contribution in [3.05, 3.63) is 85.1 Å². The Labute approximate surface area is 474 Å². The van der Waals surface area contributed by atoms with Crippen LogP contribution >= 0.6 is 0 Å². The van der Waals surface area contributed by atoms with E-state index in [-0.39, 0.29) is 32.2 Å². The van der Waals surface area contributed by atoms with Crippen LogP contribution in [0.4, 0.5) is 0 Å². The van der Waals surface area contributed by atoms with Crippen LogP contribution in [0.15, 0.2) is 85.1 Å². The van der Waals surface area contributed by atoms with Crippen molar-refractivity contribution in [3.63, 3.8) is 0 Å². The fraction of sp³-hybridized carbons (Fsp3) is 0.750. The SMILES string of the molecule is CC/C=C\C/C=C\C/C=C\C/C=C\C/C=C\C/C=C\C/C=C\CCCCCCCCCC(=O)OC(COC(=O)CCCCCCCCCCCCCCCCCCCCCCCCC)COC(OCC[N+](C)(C)C)C(=O)[O-]. The van der Waals surface area contributed by atoms with Crippen LogP contribution in [0.1, 0.15) is 271 Å². The molecule has 0 spiro atoms. The van der Waals surface area contributed by atoms with Gasteiger partial charge in [0.1, 0.15) is 13.2 Å². The van der Waals surface area contributed by atoms with E-state index < -0.39 is 24.3 Å². The van der Waals surface area contributed by atoms with Gasteiger partial charge in [-0.05, 0) is 70.6 Å². The smallest absolute Gasteiger partial charge is 0.306 e. The highest BCUT2D eigenvalue weighted by molar-refractivity contribution is 5.70. The summed E-state index contributed by atoms with van der Waals surface area (Å²) in [5, 5.41) is 11.8. The van der Waals surface area contributed by atoms with Crippen molar-refractivity contribution in [2.24, 2.45) is 0 Å². The lowest BCUT2D eigenvalue weighted by Gasteiger charge is -2.26. The summed E-state index contributed by atoms with van der Waals surface area (Å²) in [4.78, 5) is 37.4. The summed E-state index contributed by atoms with van der Waals surface area (Å²) < 4.78 is 22.7. The Morgan fingerprint density at radius 3 is 1.10 bits per heavy atom. The number of esters is 2. The molecule has 0 aliphatic rings. The average molecular weight is 1080 g/mol. The summed E-state index contributed by atoms with van der Waals surface area (Å²) in [7, 11) is 5.92. The average Bonchev–Trinajstić information content (AvgIpc) is 3.40. The van der Waals surface area contributed by atoms with Crippen molar-refractivity contribution >= 4 is 17.9 Å². The molecule has 2 atom stereocenters. The van der Waals surface area contributed by atoms with Gasteiger partial charge in [-0.15, -0.1) is 0 Å². The predicted octanol–water partition coefficient (Wildman–Crippen LogP) is 17.8. The van der Waals surface area contributed by atoms with Gasteiger partial charge in [0.15, 0.2) is 12.4 Å². The number of quaternary nitrogens is 1. The van der Waals surface area contributed by atoms with E-state index in [1.54, 1.807) is 0 Å². The summed E-state index contributed by atoms with van der Waals surface area (Å²) in [5.74, 6) is -2.29.